The molecule has 3 heteroatoms. The van der Waals surface area contributed by atoms with Crippen LogP contribution < -0.4 is 10.6 Å². The van der Waals surface area contributed by atoms with Crippen LogP contribution in [0.1, 0.15) is 19.8 Å². The van der Waals surface area contributed by atoms with Crippen molar-refractivity contribution in [1.82, 2.24) is 10.6 Å². The first-order valence-corrected chi connectivity index (χ1v) is 5.48. The van der Waals surface area contributed by atoms with Crippen molar-refractivity contribution in [2.24, 2.45) is 11.8 Å². The lowest BCUT2D eigenvalue weighted by molar-refractivity contribution is -0.120. The van der Waals surface area contributed by atoms with Gasteiger partial charge in [0.05, 0.1) is 6.54 Å². The van der Waals surface area contributed by atoms with Gasteiger partial charge in [-0.25, -0.2) is 0 Å². The number of carbonyl (C=O) groups is 1. The van der Waals surface area contributed by atoms with Crippen LogP contribution in [0.4, 0.5) is 0 Å². The second kappa shape index (κ2) is 4.13. The molecule has 0 saturated heterocycles. The third-order valence-corrected chi connectivity index (χ3v) is 3.26. The second-order valence-electron chi connectivity index (χ2n) is 4.18. The molecule has 2 N–H and O–H groups in total. The van der Waals surface area contributed by atoms with Gasteiger partial charge in [-0.15, -0.1) is 0 Å². The highest BCUT2D eigenvalue weighted by atomic mass is 16.1. The summed E-state index contributed by atoms with van der Waals surface area (Å²) in [5.41, 5.74) is 0. The largest absolute Gasteiger partial charge is 0.355 e. The van der Waals surface area contributed by atoms with Gasteiger partial charge in [0.15, 0.2) is 0 Å². The maximum absolute atomic E-state index is 11.2. The van der Waals surface area contributed by atoms with Crippen LogP contribution in [-0.2, 0) is 4.79 Å². The predicted octanol–water partition coefficient (Wildman–Crippen LogP) is 0.677. The fraction of sp³-hybridized carbons (Fsp3) is 0.727. The van der Waals surface area contributed by atoms with Gasteiger partial charge in [-0.05, 0) is 31.6 Å². The summed E-state index contributed by atoms with van der Waals surface area (Å²) in [4.78, 5) is 11.2. The number of amides is 1. The van der Waals surface area contributed by atoms with Crippen LogP contribution in [0, 0.1) is 11.8 Å². The highest BCUT2D eigenvalue weighted by molar-refractivity contribution is 5.77. The van der Waals surface area contributed by atoms with Gasteiger partial charge < -0.3 is 10.6 Å². The van der Waals surface area contributed by atoms with Crippen molar-refractivity contribution in [1.29, 1.82) is 0 Å². The van der Waals surface area contributed by atoms with Crippen molar-refractivity contribution < 1.29 is 4.79 Å². The molecule has 2 aliphatic carbocycles. The number of allylic oxidation sites excluding steroid dienone is 1. The van der Waals surface area contributed by atoms with E-state index in [1.807, 2.05) is 6.92 Å². The summed E-state index contributed by atoms with van der Waals surface area (Å²) in [7, 11) is 0. The number of likely N-dealkylation sites (N-methyl/N-ethyl adjacent to an activating group) is 1. The number of hydrogen-bond acceptors (Lipinski definition) is 2. The van der Waals surface area contributed by atoms with Crippen LogP contribution in [0.3, 0.4) is 0 Å². The summed E-state index contributed by atoms with van der Waals surface area (Å²) < 4.78 is 0. The van der Waals surface area contributed by atoms with Gasteiger partial charge in [-0.1, -0.05) is 12.2 Å². The van der Waals surface area contributed by atoms with Crippen molar-refractivity contribution in [3.63, 3.8) is 0 Å². The molecule has 1 fully saturated rings. The van der Waals surface area contributed by atoms with Gasteiger partial charge in [-0.2, -0.15) is 0 Å². The Hall–Kier alpha value is -0.830. The van der Waals surface area contributed by atoms with E-state index in [9.17, 15) is 4.79 Å². The maximum Gasteiger partial charge on any atom is 0.233 e. The monoisotopic (exact) mass is 194 g/mol. The van der Waals surface area contributed by atoms with Crippen LogP contribution in [0.15, 0.2) is 12.2 Å². The topological polar surface area (TPSA) is 41.1 Å². The summed E-state index contributed by atoms with van der Waals surface area (Å²) in [5, 5.41) is 6.10. The molecule has 1 amide bonds. The second-order valence-corrected chi connectivity index (χ2v) is 4.18. The Morgan fingerprint density at radius 1 is 1.57 bits per heavy atom. The van der Waals surface area contributed by atoms with Crippen molar-refractivity contribution in [2.75, 3.05) is 13.1 Å². The fourth-order valence-electron chi connectivity index (χ4n) is 2.43. The Kier molecular flexibility index (Phi) is 2.87. The number of carbonyl (C=O) groups excluding carboxylic acids is 1. The van der Waals surface area contributed by atoms with Gasteiger partial charge in [0.25, 0.3) is 0 Å². The molecule has 0 aliphatic heterocycles. The minimum Gasteiger partial charge on any atom is -0.355 e. The zero-order valence-electron chi connectivity index (χ0n) is 8.62. The average Bonchev–Trinajstić information content (AvgIpc) is 2.48. The lowest BCUT2D eigenvalue weighted by Crippen LogP contribution is -2.50. The van der Waals surface area contributed by atoms with E-state index >= 15 is 0 Å². The fourth-order valence-corrected chi connectivity index (χ4v) is 2.43. The van der Waals surface area contributed by atoms with E-state index in [-0.39, 0.29) is 5.91 Å². The number of rotatable bonds is 4. The molecule has 0 aromatic carbocycles. The number of nitrogens with one attached hydrogen (secondary N) is 2. The molecule has 2 aliphatic rings. The predicted molar refractivity (Wildman–Crippen MR) is 55.8 cm³/mol. The first-order chi connectivity index (χ1) is 6.81. The molecule has 0 bridgehead atoms. The van der Waals surface area contributed by atoms with Crippen molar-refractivity contribution in [2.45, 2.75) is 25.8 Å². The first kappa shape index (κ1) is 9.71. The molecule has 0 aromatic rings. The normalized spacial score (nSPS) is 33.6. The Balaban J connectivity index is 1.67. The molecule has 0 spiro atoms. The van der Waals surface area contributed by atoms with Gasteiger partial charge in [0.1, 0.15) is 0 Å². The molecule has 0 aromatic heterocycles. The third-order valence-electron chi connectivity index (χ3n) is 3.26. The Bertz CT molecular complexity index is 250. The number of hydrogen-bond donors (Lipinski definition) is 2. The van der Waals surface area contributed by atoms with Gasteiger partial charge in [-0.3, -0.25) is 4.79 Å². The van der Waals surface area contributed by atoms with Gasteiger partial charge >= 0.3 is 0 Å². The molecule has 3 nitrogen and oxygen atoms in total. The van der Waals surface area contributed by atoms with E-state index in [1.54, 1.807) is 0 Å². The molecule has 0 radical (unpaired) electrons. The Labute approximate surface area is 84.9 Å². The molecular formula is C11H18N2O. The minimum absolute atomic E-state index is 0.109. The quantitative estimate of drug-likeness (QED) is 0.646. The highest BCUT2D eigenvalue weighted by Crippen LogP contribution is 2.42. The van der Waals surface area contributed by atoms with E-state index in [2.05, 4.69) is 22.8 Å². The summed E-state index contributed by atoms with van der Waals surface area (Å²) >= 11 is 0. The summed E-state index contributed by atoms with van der Waals surface area (Å²) in [6.07, 6.45) is 7.04. The molecule has 3 atom stereocenters. The first-order valence-electron chi connectivity index (χ1n) is 5.48. The van der Waals surface area contributed by atoms with Crippen molar-refractivity contribution >= 4 is 5.91 Å². The van der Waals surface area contributed by atoms with E-state index in [1.165, 1.54) is 12.8 Å². The summed E-state index contributed by atoms with van der Waals surface area (Å²) in [6.45, 7) is 3.13. The smallest absolute Gasteiger partial charge is 0.233 e. The summed E-state index contributed by atoms with van der Waals surface area (Å²) in [6, 6.07) is 0.543. The van der Waals surface area contributed by atoms with E-state index in [4.69, 9.17) is 0 Å². The molecular weight excluding hydrogens is 176 g/mol. The highest BCUT2D eigenvalue weighted by Gasteiger charge is 2.40. The molecule has 14 heavy (non-hydrogen) atoms. The van der Waals surface area contributed by atoms with E-state index in [0.717, 1.165) is 12.5 Å². The molecule has 3 unspecified atom stereocenters. The van der Waals surface area contributed by atoms with Crippen LogP contribution in [-0.4, -0.2) is 25.0 Å². The lowest BCUT2D eigenvalue weighted by Gasteiger charge is -2.40. The SMILES string of the molecule is CCNC(=O)CNC1CC2CC=CC21. The third kappa shape index (κ3) is 1.82. The lowest BCUT2D eigenvalue weighted by atomic mass is 9.71. The average molecular weight is 194 g/mol. The van der Waals surface area contributed by atoms with Crippen molar-refractivity contribution in [3.8, 4) is 0 Å². The molecule has 0 heterocycles. The zero-order chi connectivity index (χ0) is 9.97. The van der Waals surface area contributed by atoms with Crippen LogP contribution in [0.5, 0.6) is 0 Å². The van der Waals surface area contributed by atoms with Crippen LogP contribution in [0.2, 0.25) is 0 Å². The van der Waals surface area contributed by atoms with Gasteiger partial charge in [0, 0.05) is 12.6 Å². The summed E-state index contributed by atoms with van der Waals surface area (Å²) in [5.74, 6) is 1.67. The maximum atomic E-state index is 11.2. The Morgan fingerprint density at radius 3 is 3.14 bits per heavy atom. The molecule has 2 rings (SSSR count). The number of fused-ring (bicyclic) bond motifs is 1. The molecule has 78 valence electrons. The minimum atomic E-state index is 0.109. The van der Waals surface area contributed by atoms with Crippen LogP contribution >= 0.6 is 0 Å². The zero-order valence-corrected chi connectivity index (χ0v) is 8.62. The van der Waals surface area contributed by atoms with Gasteiger partial charge in [0.2, 0.25) is 5.91 Å². The van der Waals surface area contributed by atoms with Crippen molar-refractivity contribution in [3.05, 3.63) is 12.2 Å². The van der Waals surface area contributed by atoms with Crippen LogP contribution in [0.25, 0.3) is 0 Å². The van der Waals surface area contributed by atoms with E-state index in [0.29, 0.717) is 18.5 Å². The van der Waals surface area contributed by atoms with E-state index < -0.39 is 0 Å². The standard InChI is InChI=1S/C11H18N2O/c1-2-12-11(14)7-13-10-6-8-4-3-5-9(8)10/h3,5,8-10,13H,2,4,6-7H2,1H3,(H,12,14). The Morgan fingerprint density at radius 2 is 2.43 bits per heavy atom. The molecule has 1 saturated carbocycles.